The first-order valence-electron chi connectivity index (χ1n) is 3.28. The first-order chi connectivity index (χ1) is 4.86. The van der Waals surface area contributed by atoms with Crippen LogP contribution in [-0.4, -0.2) is 17.0 Å². The van der Waals surface area contributed by atoms with E-state index in [0.29, 0.717) is 0 Å². The molecule has 0 saturated carbocycles. The van der Waals surface area contributed by atoms with Crippen molar-refractivity contribution in [2.24, 2.45) is 0 Å². The second-order valence-corrected chi connectivity index (χ2v) is 2.47. The molecule has 1 aliphatic heterocycles. The lowest BCUT2D eigenvalue weighted by molar-refractivity contribution is 0.419. The molecule has 3 nitrogen and oxygen atoms in total. The fourth-order valence-corrected chi connectivity index (χ4v) is 1.14. The fraction of sp³-hybridized carbons (Fsp3) is 0.286. The normalized spacial score (nSPS) is 16.5. The molecule has 1 N–H and O–H groups in total. The average Bonchev–Trinajstić information content (AvgIpc) is 2.27. The van der Waals surface area contributed by atoms with E-state index < -0.39 is 0 Å². The molecule has 0 spiro atoms. The molecule has 1 aromatic heterocycles. The van der Waals surface area contributed by atoms with Gasteiger partial charge in [-0.3, -0.25) is 4.98 Å². The molecular weight excluding hydrogens is 126 g/mol. The molecular formula is C7H9N3. The maximum atomic E-state index is 4.21. The summed E-state index contributed by atoms with van der Waals surface area (Å²) in [5.41, 5.74) is 5.43. The highest BCUT2D eigenvalue weighted by atomic mass is 15.5. The molecule has 0 radical (unpaired) electrons. The van der Waals surface area contributed by atoms with Gasteiger partial charge in [0.2, 0.25) is 0 Å². The number of pyridine rings is 1. The van der Waals surface area contributed by atoms with Crippen molar-refractivity contribution in [3.05, 3.63) is 24.0 Å². The predicted molar refractivity (Wildman–Crippen MR) is 39.3 cm³/mol. The Kier molecular flexibility index (Phi) is 1.11. The second kappa shape index (κ2) is 1.95. The molecule has 52 valence electrons. The Hall–Kier alpha value is -1.09. The Labute approximate surface area is 59.7 Å². The average molecular weight is 135 g/mol. The highest BCUT2D eigenvalue weighted by molar-refractivity contribution is 5.49. The molecule has 0 atom stereocenters. The Morgan fingerprint density at radius 2 is 2.60 bits per heavy atom. The molecule has 3 heteroatoms. The number of hydrogen-bond donors (Lipinski definition) is 1. The molecule has 0 fully saturated rings. The molecule has 1 aliphatic rings. The zero-order chi connectivity index (χ0) is 6.97. The van der Waals surface area contributed by atoms with Crippen LogP contribution in [0.2, 0.25) is 0 Å². The van der Waals surface area contributed by atoms with Gasteiger partial charge in [0.25, 0.3) is 0 Å². The third kappa shape index (κ3) is 0.752. The van der Waals surface area contributed by atoms with Gasteiger partial charge in [-0.2, -0.15) is 0 Å². The first-order valence-corrected chi connectivity index (χ1v) is 3.28. The lowest BCUT2D eigenvalue weighted by Crippen LogP contribution is -2.16. The topological polar surface area (TPSA) is 28.2 Å². The van der Waals surface area contributed by atoms with Gasteiger partial charge in [0, 0.05) is 13.2 Å². The quantitative estimate of drug-likeness (QED) is 0.571. The highest BCUT2D eigenvalue weighted by Crippen LogP contribution is 2.19. The van der Waals surface area contributed by atoms with Crippen molar-refractivity contribution in [1.82, 2.24) is 9.99 Å². The predicted octanol–water partition coefficient (Wildman–Crippen LogP) is 0.854. The molecule has 10 heavy (non-hydrogen) atoms. The van der Waals surface area contributed by atoms with Crippen LogP contribution in [0.1, 0.15) is 5.69 Å². The van der Waals surface area contributed by atoms with E-state index in [1.807, 2.05) is 30.4 Å². The molecule has 1 aromatic rings. The third-order valence-corrected chi connectivity index (χ3v) is 1.59. The van der Waals surface area contributed by atoms with Crippen LogP contribution in [0.3, 0.4) is 0 Å². The van der Waals surface area contributed by atoms with Gasteiger partial charge < -0.3 is 5.43 Å². The summed E-state index contributed by atoms with van der Waals surface area (Å²) in [5.74, 6) is 0. The minimum atomic E-state index is 0.899. The van der Waals surface area contributed by atoms with E-state index in [1.54, 1.807) is 0 Å². The summed E-state index contributed by atoms with van der Waals surface area (Å²) in [6.45, 7) is 0.899. The lowest BCUT2D eigenvalue weighted by Gasteiger charge is -2.05. The van der Waals surface area contributed by atoms with Crippen LogP contribution in [-0.2, 0) is 6.54 Å². The summed E-state index contributed by atoms with van der Waals surface area (Å²) in [4.78, 5) is 4.21. The number of aromatic nitrogens is 1. The molecule has 0 aromatic carbocycles. The maximum Gasteiger partial charge on any atom is 0.0807 e. The highest BCUT2D eigenvalue weighted by Gasteiger charge is 2.13. The van der Waals surface area contributed by atoms with Crippen molar-refractivity contribution in [1.29, 1.82) is 0 Å². The Balaban J connectivity index is 2.42. The summed E-state index contributed by atoms with van der Waals surface area (Å²) in [7, 11) is 2.00. The van der Waals surface area contributed by atoms with E-state index in [1.165, 1.54) is 0 Å². The largest absolute Gasteiger partial charge is 0.317 e. The fourth-order valence-electron chi connectivity index (χ4n) is 1.14. The number of nitrogens with one attached hydrogen (secondary N) is 1. The van der Waals surface area contributed by atoms with Crippen molar-refractivity contribution in [3.8, 4) is 0 Å². The molecule has 2 heterocycles. The van der Waals surface area contributed by atoms with Gasteiger partial charge in [0.05, 0.1) is 17.9 Å². The minimum Gasteiger partial charge on any atom is -0.317 e. The van der Waals surface area contributed by atoms with Gasteiger partial charge in [-0.25, -0.2) is 5.01 Å². The van der Waals surface area contributed by atoms with Crippen molar-refractivity contribution >= 4 is 5.69 Å². The number of hydrazine groups is 1. The van der Waals surface area contributed by atoms with Gasteiger partial charge in [0.1, 0.15) is 0 Å². The van der Waals surface area contributed by atoms with Crippen molar-refractivity contribution < 1.29 is 0 Å². The van der Waals surface area contributed by atoms with E-state index >= 15 is 0 Å². The Morgan fingerprint density at radius 1 is 1.70 bits per heavy atom. The van der Waals surface area contributed by atoms with Crippen LogP contribution in [0.4, 0.5) is 5.69 Å². The van der Waals surface area contributed by atoms with Crippen LogP contribution in [0, 0.1) is 0 Å². The van der Waals surface area contributed by atoms with E-state index in [0.717, 1.165) is 17.9 Å². The van der Waals surface area contributed by atoms with E-state index in [9.17, 15) is 0 Å². The number of fused-ring (bicyclic) bond motifs is 1. The molecule has 0 bridgehead atoms. The van der Waals surface area contributed by atoms with Crippen LogP contribution < -0.4 is 5.43 Å². The smallest absolute Gasteiger partial charge is 0.0807 e. The van der Waals surface area contributed by atoms with Crippen molar-refractivity contribution in [2.75, 3.05) is 12.5 Å². The van der Waals surface area contributed by atoms with Gasteiger partial charge in [-0.1, -0.05) is 0 Å². The standard InChI is InChI=1S/C7H9N3/c1-10-5-7-6(9-10)3-2-4-8-7/h2-4,9H,5H2,1H3. The summed E-state index contributed by atoms with van der Waals surface area (Å²) in [6, 6.07) is 3.97. The van der Waals surface area contributed by atoms with Gasteiger partial charge >= 0.3 is 0 Å². The number of nitrogens with zero attached hydrogens (tertiary/aromatic N) is 2. The van der Waals surface area contributed by atoms with Crippen LogP contribution in [0.25, 0.3) is 0 Å². The summed E-state index contributed by atoms with van der Waals surface area (Å²) in [5, 5.41) is 2.01. The van der Waals surface area contributed by atoms with Crippen LogP contribution in [0.15, 0.2) is 18.3 Å². The van der Waals surface area contributed by atoms with Gasteiger partial charge in [-0.05, 0) is 12.1 Å². The van der Waals surface area contributed by atoms with Crippen molar-refractivity contribution in [3.63, 3.8) is 0 Å². The monoisotopic (exact) mass is 135 g/mol. The summed E-state index contributed by atoms with van der Waals surface area (Å²) >= 11 is 0. The second-order valence-electron chi connectivity index (χ2n) is 2.47. The maximum absolute atomic E-state index is 4.21. The SMILES string of the molecule is CN1Cc2ncccc2N1. The zero-order valence-electron chi connectivity index (χ0n) is 5.83. The number of rotatable bonds is 0. The number of hydrogen-bond acceptors (Lipinski definition) is 3. The van der Waals surface area contributed by atoms with E-state index in [2.05, 4.69) is 10.4 Å². The first kappa shape index (κ1) is 5.68. The molecule has 0 saturated heterocycles. The number of anilines is 1. The van der Waals surface area contributed by atoms with Gasteiger partial charge in [-0.15, -0.1) is 0 Å². The van der Waals surface area contributed by atoms with Crippen LogP contribution in [0.5, 0.6) is 0 Å². The zero-order valence-corrected chi connectivity index (χ0v) is 5.83. The molecule has 0 aliphatic carbocycles. The third-order valence-electron chi connectivity index (χ3n) is 1.59. The minimum absolute atomic E-state index is 0.899. The molecule has 0 amide bonds. The van der Waals surface area contributed by atoms with Crippen molar-refractivity contribution in [2.45, 2.75) is 6.54 Å². The molecule has 0 unspecified atom stereocenters. The van der Waals surface area contributed by atoms with E-state index in [-0.39, 0.29) is 0 Å². The Bertz CT molecular complexity index is 221. The Morgan fingerprint density at radius 3 is 3.40 bits per heavy atom. The summed E-state index contributed by atoms with van der Waals surface area (Å²) < 4.78 is 0. The molecule has 2 rings (SSSR count). The van der Waals surface area contributed by atoms with Crippen LogP contribution >= 0.6 is 0 Å². The summed E-state index contributed by atoms with van der Waals surface area (Å²) in [6.07, 6.45) is 1.82. The van der Waals surface area contributed by atoms with E-state index in [4.69, 9.17) is 0 Å². The lowest BCUT2D eigenvalue weighted by atomic mass is 10.3. The van der Waals surface area contributed by atoms with Gasteiger partial charge in [0.15, 0.2) is 0 Å².